The van der Waals surface area contributed by atoms with Gasteiger partial charge in [-0.3, -0.25) is 9.69 Å². The van der Waals surface area contributed by atoms with Crippen LogP contribution in [0.25, 0.3) is 5.69 Å². The highest BCUT2D eigenvalue weighted by Gasteiger charge is 2.18. The van der Waals surface area contributed by atoms with Crippen LogP contribution in [0.4, 0.5) is 0 Å². The largest absolute Gasteiger partial charge is 0.379 e. The van der Waals surface area contributed by atoms with E-state index in [1.807, 2.05) is 36.9 Å². The smallest absolute Gasteiger partial charge is 0.221 e. The molecule has 1 unspecified atom stereocenters. The van der Waals surface area contributed by atoms with Crippen molar-refractivity contribution in [2.45, 2.75) is 33.2 Å². The second-order valence-corrected chi connectivity index (χ2v) is 6.88. The molecule has 0 radical (unpaired) electrons. The maximum absolute atomic E-state index is 12.3. The van der Waals surface area contributed by atoms with Crippen molar-refractivity contribution in [3.05, 3.63) is 47.3 Å². The van der Waals surface area contributed by atoms with Crippen LogP contribution in [0.5, 0.6) is 0 Å². The first-order valence-electron chi connectivity index (χ1n) is 9.26. The molecular formula is C20H28N4O2. The second-order valence-electron chi connectivity index (χ2n) is 6.88. The Labute approximate surface area is 155 Å². The molecule has 1 saturated heterocycles. The third kappa shape index (κ3) is 4.31. The van der Waals surface area contributed by atoms with Gasteiger partial charge in [-0.2, -0.15) is 5.10 Å². The van der Waals surface area contributed by atoms with Gasteiger partial charge in [0.15, 0.2) is 0 Å². The lowest BCUT2D eigenvalue weighted by atomic mass is 10.1. The summed E-state index contributed by atoms with van der Waals surface area (Å²) in [4.78, 5) is 14.6. The van der Waals surface area contributed by atoms with E-state index in [-0.39, 0.29) is 11.9 Å². The van der Waals surface area contributed by atoms with Gasteiger partial charge in [-0.15, -0.1) is 0 Å². The summed E-state index contributed by atoms with van der Waals surface area (Å²) in [7, 11) is 0. The van der Waals surface area contributed by atoms with Crippen molar-refractivity contribution in [2.75, 3.05) is 32.8 Å². The lowest BCUT2D eigenvalue weighted by Crippen LogP contribution is -2.39. The van der Waals surface area contributed by atoms with Crippen LogP contribution in [0.15, 0.2) is 30.5 Å². The molecule has 1 aliphatic rings. The summed E-state index contributed by atoms with van der Waals surface area (Å²) in [6.45, 7) is 10.3. The lowest BCUT2D eigenvalue weighted by molar-refractivity contribution is -0.122. The van der Waals surface area contributed by atoms with Crippen LogP contribution in [-0.2, 0) is 9.53 Å². The van der Waals surface area contributed by atoms with E-state index in [4.69, 9.17) is 4.74 Å². The van der Waals surface area contributed by atoms with E-state index < -0.39 is 0 Å². The van der Waals surface area contributed by atoms with Crippen molar-refractivity contribution >= 4 is 5.91 Å². The monoisotopic (exact) mass is 356 g/mol. The Hall–Kier alpha value is -2.18. The van der Waals surface area contributed by atoms with E-state index in [1.165, 1.54) is 5.56 Å². The van der Waals surface area contributed by atoms with E-state index in [0.717, 1.165) is 49.8 Å². The average molecular weight is 356 g/mol. The van der Waals surface area contributed by atoms with Crippen molar-refractivity contribution < 1.29 is 9.53 Å². The quantitative estimate of drug-likeness (QED) is 0.863. The lowest BCUT2D eigenvalue weighted by Gasteiger charge is -2.26. The number of morpholine rings is 1. The predicted molar refractivity (Wildman–Crippen MR) is 101 cm³/mol. The molecule has 0 saturated carbocycles. The average Bonchev–Trinajstić information content (AvgIpc) is 3.03. The Morgan fingerprint density at radius 2 is 2.00 bits per heavy atom. The third-order valence-corrected chi connectivity index (χ3v) is 4.99. The topological polar surface area (TPSA) is 59.4 Å². The number of amides is 1. The zero-order chi connectivity index (χ0) is 18.5. The van der Waals surface area contributed by atoms with Gasteiger partial charge >= 0.3 is 0 Å². The highest BCUT2D eigenvalue weighted by Crippen LogP contribution is 2.22. The minimum Gasteiger partial charge on any atom is -0.379 e. The molecule has 1 amide bonds. The maximum Gasteiger partial charge on any atom is 0.221 e. The van der Waals surface area contributed by atoms with E-state index in [1.54, 1.807) is 0 Å². The zero-order valence-corrected chi connectivity index (χ0v) is 15.9. The van der Waals surface area contributed by atoms with E-state index in [2.05, 4.69) is 34.4 Å². The predicted octanol–water partition coefficient (Wildman–Crippen LogP) is 2.39. The van der Waals surface area contributed by atoms with Gasteiger partial charge in [-0.25, -0.2) is 4.68 Å². The van der Waals surface area contributed by atoms with Crippen LogP contribution in [0.1, 0.15) is 36.2 Å². The van der Waals surface area contributed by atoms with Crippen molar-refractivity contribution in [1.82, 2.24) is 20.0 Å². The van der Waals surface area contributed by atoms with Crippen LogP contribution >= 0.6 is 0 Å². The molecule has 1 aliphatic heterocycles. The van der Waals surface area contributed by atoms with Crippen molar-refractivity contribution in [3.63, 3.8) is 0 Å². The molecule has 0 aliphatic carbocycles. The molecule has 6 nitrogen and oxygen atoms in total. The molecule has 1 atom stereocenters. The molecule has 140 valence electrons. The third-order valence-electron chi connectivity index (χ3n) is 4.99. The molecular weight excluding hydrogens is 328 g/mol. The van der Waals surface area contributed by atoms with Crippen molar-refractivity contribution in [2.24, 2.45) is 0 Å². The minimum atomic E-state index is -0.0649. The Bertz CT molecular complexity index is 750. The summed E-state index contributed by atoms with van der Waals surface area (Å²) in [5, 5.41) is 7.64. The second kappa shape index (κ2) is 8.47. The molecule has 1 aromatic heterocycles. The molecule has 0 bridgehead atoms. The fourth-order valence-electron chi connectivity index (χ4n) is 3.37. The SMILES string of the molecule is Cc1ccccc1-n1ncc(C(C)NC(=O)CCN2CCOCC2)c1C. The molecule has 3 rings (SSSR count). The molecule has 1 N–H and O–H groups in total. The number of nitrogens with zero attached hydrogens (tertiary/aromatic N) is 3. The summed E-state index contributed by atoms with van der Waals surface area (Å²) < 4.78 is 7.28. The van der Waals surface area contributed by atoms with Gasteiger partial charge in [-0.1, -0.05) is 18.2 Å². The van der Waals surface area contributed by atoms with E-state index in [0.29, 0.717) is 6.42 Å². The summed E-state index contributed by atoms with van der Waals surface area (Å²) in [6, 6.07) is 8.11. The van der Waals surface area contributed by atoms with E-state index >= 15 is 0 Å². The Morgan fingerprint density at radius 3 is 2.73 bits per heavy atom. The van der Waals surface area contributed by atoms with E-state index in [9.17, 15) is 4.79 Å². The summed E-state index contributed by atoms with van der Waals surface area (Å²) >= 11 is 0. The first-order valence-corrected chi connectivity index (χ1v) is 9.26. The first-order chi connectivity index (χ1) is 12.6. The van der Waals surface area contributed by atoms with Crippen LogP contribution in [0, 0.1) is 13.8 Å². The van der Waals surface area contributed by atoms with Crippen LogP contribution < -0.4 is 5.32 Å². The highest BCUT2D eigenvalue weighted by molar-refractivity contribution is 5.76. The zero-order valence-electron chi connectivity index (χ0n) is 15.9. The van der Waals surface area contributed by atoms with Gasteiger partial charge in [0.2, 0.25) is 5.91 Å². The van der Waals surface area contributed by atoms with Crippen molar-refractivity contribution in [1.29, 1.82) is 0 Å². The first kappa shape index (κ1) is 18.6. The summed E-state index contributed by atoms with van der Waals surface area (Å²) in [5.41, 5.74) is 4.35. The Kier molecular flexibility index (Phi) is 6.06. The number of benzene rings is 1. The number of carbonyl (C=O) groups is 1. The van der Waals surface area contributed by atoms with Gasteiger partial charge in [0.05, 0.1) is 31.1 Å². The number of aromatic nitrogens is 2. The molecule has 2 aromatic rings. The van der Waals surface area contributed by atoms with Gasteiger partial charge in [-0.05, 0) is 32.4 Å². The Balaban J connectivity index is 1.60. The van der Waals surface area contributed by atoms with Gasteiger partial charge in [0, 0.05) is 37.3 Å². The van der Waals surface area contributed by atoms with Crippen LogP contribution in [-0.4, -0.2) is 53.4 Å². The summed E-state index contributed by atoms with van der Waals surface area (Å²) in [5.74, 6) is 0.0760. The number of carbonyl (C=O) groups excluding carboxylic acids is 1. The fraction of sp³-hybridized carbons (Fsp3) is 0.500. The molecule has 26 heavy (non-hydrogen) atoms. The number of ether oxygens (including phenoxy) is 1. The minimum absolute atomic E-state index is 0.0649. The standard InChI is InChI=1S/C20H28N4O2/c1-15-6-4-5-7-19(15)24-17(3)18(14-21-24)16(2)22-20(25)8-9-23-10-12-26-13-11-23/h4-7,14,16H,8-13H2,1-3H3,(H,22,25). The van der Waals surface area contributed by atoms with Crippen LogP contribution in [0.3, 0.4) is 0 Å². The summed E-state index contributed by atoms with van der Waals surface area (Å²) in [6.07, 6.45) is 2.37. The number of nitrogens with one attached hydrogen (secondary N) is 1. The molecule has 0 spiro atoms. The van der Waals surface area contributed by atoms with Crippen molar-refractivity contribution in [3.8, 4) is 5.69 Å². The normalized spacial score (nSPS) is 16.4. The number of rotatable bonds is 6. The number of aryl methyl sites for hydroxylation is 1. The number of para-hydroxylation sites is 1. The fourth-order valence-corrected chi connectivity index (χ4v) is 3.37. The molecule has 1 aromatic carbocycles. The maximum atomic E-state index is 12.3. The van der Waals surface area contributed by atoms with Gasteiger partial charge in [0.1, 0.15) is 0 Å². The van der Waals surface area contributed by atoms with Crippen LogP contribution in [0.2, 0.25) is 0 Å². The molecule has 2 heterocycles. The van der Waals surface area contributed by atoms with Gasteiger partial charge in [0.25, 0.3) is 0 Å². The highest BCUT2D eigenvalue weighted by atomic mass is 16.5. The number of hydrogen-bond donors (Lipinski definition) is 1. The number of hydrogen-bond acceptors (Lipinski definition) is 4. The molecule has 6 heteroatoms. The Morgan fingerprint density at radius 1 is 1.27 bits per heavy atom. The van der Waals surface area contributed by atoms with Gasteiger partial charge < -0.3 is 10.1 Å². The molecule has 1 fully saturated rings.